The Kier molecular flexibility index (Phi) is 5.20. The van der Waals surface area contributed by atoms with Crippen LogP contribution < -0.4 is 11.1 Å². The van der Waals surface area contributed by atoms with Crippen molar-refractivity contribution in [2.45, 2.75) is 0 Å². The number of carbonyl (C=O) groups is 2. The smallest absolute Gasteiger partial charge is 0.288 e. The molecule has 0 spiro atoms. The summed E-state index contributed by atoms with van der Waals surface area (Å²) in [6, 6.07) is 14.6. The van der Waals surface area contributed by atoms with E-state index in [1.165, 1.54) is 23.5 Å². The zero-order valence-electron chi connectivity index (χ0n) is 13.6. The molecule has 9 heteroatoms. The van der Waals surface area contributed by atoms with Crippen molar-refractivity contribution in [1.29, 1.82) is 0 Å². The quantitative estimate of drug-likeness (QED) is 0.489. The van der Waals surface area contributed by atoms with Crippen LogP contribution in [0, 0.1) is 10.1 Å². The zero-order valence-corrected chi connectivity index (χ0v) is 15.2. The zero-order chi connectivity index (χ0) is 19.6. The number of nitro groups is 1. The average molecular weight is 402 g/mol. The highest BCUT2D eigenvalue weighted by Crippen LogP contribution is 2.35. The number of rotatable bonds is 5. The number of carbonyl (C=O) groups excluding carboxylic acids is 2. The van der Waals surface area contributed by atoms with Crippen molar-refractivity contribution in [3.05, 3.63) is 80.9 Å². The summed E-state index contributed by atoms with van der Waals surface area (Å²) in [5.74, 6) is -1.30. The number of nitrogens with one attached hydrogen (secondary N) is 1. The molecule has 0 fully saturated rings. The van der Waals surface area contributed by atoms with Gasteiger partial charge in [0.2, 0.25) is 0 Å². The average Bonchev–Trinajstić information content (AvgIpc) is 3.06. The molecular formula is C18H12ClN3O4S. The molecule has 0 saturated heterocycles. The number of nitro benzene ring substituents is 1. The van der Waals surface area contributed by atoms with Crippen LogP contribution in [-0.4, -0.2) is 16.7 Å². The summed E-state index contributed by atoms with van der Waals surface area (Å²) in [6.07, 6.45) is 0. The van der Waals surface area contributed by atoms with Gasteiger partial charge in [0.15, 0.2) is 0 Å². The van der Waals surface area contributed by atoms with Gasteiger partial charge in [-0.15, -0.1) is 11.3 Å². The minimum atomic E-state index is -0.689. The van der Waals surface area contributed by atoms with E-state index in [9.17, 15) is 19.7 Å². The van der Waals surface area contributed by atoms with Gasteiger partial charge >= 0.3 is 0 Å². The SMILES string of the molecule is NC(=O)c1cc(-c2ccccc2)sc1NC(=O)c1ccc(Cl)c([N+](=O)[O-])c1. The number of nitrogens with zero attached hydrogens (tertiary/aromatic N) is 1. The molecule has 3 rings (SSSR count). The number of benzene rings is 2. The molecule has 3 aromatic rings. The van der Waals surface area contributed by atoms with Crippen molar-refractivity contribution in [2.24, 2.45) is 5.73 Å². The van der Waals surface area contributed by atoms with Crippen LogP contribution >= 0.6 is 22.9 Å². The van der Waals surface area contributed by atoms with E-state index in [1.807, 2.05) is 30.3 Å². The summed E-state index contributed by atoms with van der Waals surface area (Å²) in [6.45, 7) is 0. The number of thiophene rings is 1. The molecule has 0 unspecified atom stereocenters. The second kappa shape index (κ2) is 7.56. The topological polar surface area (TPSA) is 115 Å². The maximum atomic E-state index is 12.5. The standard InChI is InChI=1S/C18H12ClN3O4S/c19-13-7-6-11(8-14(13)22(25)26)17(24)21-18-12(16(20)23)9-15(27-18)10-4-2-1-3-5-10/h1-9H,(H2,20,23)(H,21,24). The molecule has 3 N–H and O–H groups in total. The summed E-state index contributed by atoms with van der Waals surface area (Å²) in [5, 5.41) is 13.8. The molecule has 0 aliphatic rings. The first-order valence-corrected chi connectivity index (χ1v) is 8.80. The Balaban J connectivity index is 1.94. The second-order valence-corrected chi connectivity index (χ2v) is 6.92. The maximum absolute atomic E-state index is 12.5. The molecule has 0 bridgehead atoms. The number of halogens is 1. The third-order valence-corrected chi connectivity index (χ3v) is 5.11. The minimum absolute atomic E-state index is 0.0381. The summed E-state index contributed by atoms with van der Waals surface area (Å²) in [5.41, 5.74) is 6.10. The van der Waals surface area contributed by atoms with Crippen molar-refractivity contribution in [2.75, 3.05) is 5.32 Å². The lowest BCUT2D eigenvalue weighted by Crippen LogP contribution is -2.16. The highest BCUT2D eigenvalue weighted by Gasteiger charge is 2.20. The number of amides is 2. The fourth-order valence-corrected chi connectivity index (χ4v) is 3.63. The van der Waals surface area contributed by atoms with Crippen LogP contribution in [0.2, 0.25) is 5.02 Å². The van der Waals surface area contributed by atoms with Gasteiger partial charge in [0.1, 0.15) is 10.0 Å². The molecule has 0 saturated carbocycles. The van der Waals surface area contributed by atoms with E-state index in [-0.39, 0.29) is 26.8 Å². The summed E-state index contributed by atoms with van der Waals surface area (Å²) in [4.78, 5) is 35.3. The van der Waals surface area contributed by atoms with E-state index in [1.54, 1.807) is 6.07 Å². The normalized spacial score (nSPS) is 10.4. The Hall–Kier alpha value is -3.23. The highest BCUT2D eigenvalue weighted by atomic mass is 35.5. The first-order chi connectivity index (χ1) is 12.9. The number of primary amides is 1. The Morgan fingerprint density at radius 3 is 2.44 bits per heavy atom. The third-order valence-electron chi connectivity index (χ3n) is 3.69. The van der Waals surface area contributed by atoms with Crippen LogP contribution in [0.1, 0.15) is 20.7 Å². The molecule has 2 aromatic carbocycles. The van der Waals surface area contributed by atoms with Gasteiger partial charge in [0.25, 0.3) is 17.5 Å². The summed E-state index contributed by atoms with van der Waals surface area (Å²) in [7, 11) is 0. The predicted molar refractivity (Wildman–Crippen MR) is 104 cm³/mol. The second-order valence-electron chi connectivity index (χ2n) is 5.46. The molecule has 7 nitrogen and oxygen atoms in total. The van der Waals surface area contributed by atoms with Gasteiger partial charge in [0.05, 0.1) is 10.5 Å². The van der Waals surface area contributed by atoms with Gasteiger partial charge in [0, 0.05) is 16.5 Å². The van der Waals surface area contributed by atoms with Crippen molar-refractivity contribution in [3.8, 4) is 10.4 Å². The van der Waals surface area contributed by atoms with Gasteiger partial charge in [-0.3, -0.25) is 19.7 Å². The highest BCUT2D eigenvalue weighted by molar-refractivity contribution is 7.20. The van der Waals surface area contributed by atoms with Crippen LogP contribution in [0.15, 0.2) is 54.6 Å². The van der Waals surface area contributed by atoms with E-state index >= 15 is 0 Å². The van der Waals surface area contributed by atoms with Gasteiger partial charge in [-0.25, -0.2) is 0 Å². The first kappa shape index (κ1) is 18.6. The maximum Gasteiger partial charge on any atom is 0.288 e. The number of anilines is 1. The molecule has 0 atom stereocenters. The predicted octanol–water partition coefficient (Wildman–Crippen LogP) is 4.33. The van der Waals surface area contributed by atoms with E-state index in [0.717, 1.165) is 16.5 Å². The van der Waals surface area contributed by atoms with Crippen LogP contribution in [0.4, 0.5) is 10.7 Å². The molecule has 0 radical (unpaired) electrons. The van der Waals surface area contributed by atoms with Gasteiger partial charge in [-0.2, -0.15) is 0 Å². The molecular weight excluding hydrogens is 390 g/mol. The first-order valence-electron chi connectivity index (χ1n) is 7.61. The molecule has 136 valence electrons. The van der Waals surface area contributed by atoms with Crippen molar-refractivity contribution in [3.63, 3.8) is 0 Å². The van der Waals surface area contributed by atoms with Crippen LogP contribution in [0.5, 0.6) is 0 Å². The number of hydrogen-bond donors (Lipinski definition) is 2. The van der Waals surface area contributed by atoms with Crippen molar-refractivity contribution >= 4 is 45.4 Å². The Bertz CT molecular complexity index is 1050. The lowest BCUT2D eigenvalue weighted by Gasteiger charge is -2.05. The van der Waals surface area contributed by atoms with E-state index in [2.05, 4.69) is 5.32 Å². The lowest BCUT2D eigenvalue weighted by atomic mass is 10.1. The summed E-state index contributed by atoms with van der Waals surface area (Å²) < 4.78 is 0. The van der Waals surface area contributed by atoms with Crippen LogP contribution in [0.3, 0.4) is 0 Å². The van der Waals surface area contributed by atoms with Crippen molar-refractivity contribution in [1.82, 2.24) is 0 Å². The fourth-order valence-electron chi connectivity index (χ4n) is 2.38. The monoisotopic (exact) mass is 401 g/mol. The molecule has 0 aliphatic carbocycles. The molecule has 27 heavy (non-hydrogen) atoms. The molecule has 0 aliphatic heterocycles. The van der Waals surface area contributed by atoms with Gasteiger partial charge < -0.3 is 11.1 Å². The van der Waals surface area contributed by atoms with E-state index in [0.29, 0.717) is 0 Å². The molecule has 1 aromatic heterocycles. The summed E-state index contributed by atoms with van der Waals surface area (Å²) >= 11 is 6.95. The minimum Gasteiger partial charge on any atom is -0.366 e. The molecule has 1 heterocycles. The number of hydrogen-bond acceptors (Lipinski definition) is 5. The van der Waals surface area contributed by atoms with E-state index < -0.39 is 16.7 Å². The Labute approximate surface area is 162 Å². The lowest BCUT2D eigenvalue weighted by molar-refractivity contribution is -0.384. The van der Waals surface area contributed by atoms with Crippen LogP contribution in [-0.2, 0) is 0 Å². The van der Waals surface area contributed by atoms with E-state index in [4.69, 9.17) is 17.3 Å². The molecule has 2 amide bonds. The van der Waals surface area contributed by atoms with Crippen molar-refractivity contribution < 1.29 is 14.5 Å². The Morgan fingerprint density at radius 2 is 1.81 bits per heavy atom. The van der Waals surface area contributed by atoms with Gasteiger partial charge in [-0.05, 0) is 23.8 Å². The largest absolute Gasteiger partial charge is 0.366 e. The van der Waals surface area contributed by atoms with Gasteiger partial charge in [-0.1, -0.05) is 41.9 Å². The Morgan fingerprint density at radius 1 is 1.11 bits per heavy atom. The fraction of sp³-hybridized carbons (Fsp3) is 0. The number of nitrogens with two attached hydrogens (primary N) is 1. The van der Waals surface area contributed by atoms with Crippen LogP contribution in [0.25, 0.3) is 10.4 Å². The third kappa shape index (κ3) is 3.97.